The fraction of sp³-hybridized carbons (Fsp3) is 0.947. The van der Waals surface area contributed by atoms with E-state index < -0.39 is 0 Å². The maximum absolute atomic E-state index is 12.4. The van der Waals surface area contributed by atoms with Crippen molar-refractivity contribution in [1.29, 1.82) is 0 Å². The Hall–Kier alpha value is -0.370. The van der Waals surface area contributed by atoms with Crippen LogP contribution in [0.1, 0.15) is 64.7 Å². The average molecular weight is 288 g/mol. The maximum Gasteiger partial charge on any atom is 0.139 e. The number of carbonyl (C=O) groups excluding carboxylic acids is 1. The van der Waals surface area contributed by atoms with Crippen LogP contribution in [-0.4, -0.2) is 18.0 Å². The second-order valence-electron chi connectivity index (χ2n) is 9.07. The van der Waals surface area contributed by atoms with Crippen LogP contribution in [0.25, 0.3) is 0 Å². The van der Waals surface area contributed by atoms with Gasteiger partial charge in [-0.05, 0) is 81.0 Å². The molecular formula is C19H28O2. The summed E-state index contributed by atoms with van der Waals surface area (Å²) >= 11 is 0. The highest BCUT2D eigenvalue weighted by Crippen LogP contribution is 2.63. The quantitative estimate of drug-likeness (QED) is 0.631. The van der Waals surface area contributed by atoms with Gasteiger partial charge in [0.25, 0.3) is 0 Å². The number of fused-ring (bicyclic) bond motifs is 5. The van der Waals surface area contributed by atoms with Gasteiger partial charge < -0.3 is 4.74 Å². The first-order chi connectivity index (χ1) is 10.1. The summed E-state index contributed by atoms with van der Waals surface area (Å²) < 4.78 is 5.78. The minimum atomic E-state index is 0.0590. The molecule has 1 saturated heterocycles. The van der Waals surface area contributed by atoms with Crippen LogP contribution in [-0.2, 0) is 9.53 Å². The second kappa shape index (κ2) is 4.13. The van der Waals surface area contributed by atoms with Crippen molar-refractivity contribution in [2.45, 2.75) is 70.3 Å². The summed E-state index contributed by atoms with van der Waals surface area (Å²) in [6.45, 7) is 3.34. The van der Waals surface area contributed by atoms with E-state index in [-0.39, 0.29) is 5.41 Å². The van der Waals surface area contributed by atoms with E-state index in [4.69, 9.17) is 4.74 Å². The number of ether oxygens (including phenoxy) is 1. The molecule has 116 valence electrons. The van der Waals surface area contributed by atoms with E-state index in [2.05, 4.69) is 6.92 Å². The molecule has 7 atom stereocenters. The summed E-state index contributed by atoms with van der Waals surface area (Å²) in [6, 6.07) is 0. The molecule has 0 aromatic heterocycles. The minimum absolute atomic E-state index is 0.0590. The first-order valence-corrected chi connectivity index (χ1v) is 9.29. The summed E-state index contributed by atoms with van der Waals surface area (Å²) in [5.41, 5.74) is 0.393. The topological polar surface area (TPSA) is 29.6 Å². The van der Waals surface area contributed by atoms with E-state index in [9.17, 15) is 4.79 Å². The first-order valence-electron chi connectivity index (χ1n) is 9.29. The maximum atomic E-state index is 12.4. The van der Waals surface area contributed by atoms with E-state index in [1.54, 1.807) is 0 Å². The van der Waals surface area contributed by atoms with E-state index in [1.807, 2.05) is 0 Å². The van der Waals surface area contributed by atoms with E-state index in [1.165, 1.54) is 51.4 Å². The minimum Gasteiger partial charge on any atom is -0.370 e. The number of epoxide rings is 1. The molecule has 2 heteroatoms. The van der Waals surface area contributed by atoms with E-state index in [0.717, 1.165) is 42.6 Å². The number of hydrogen-bond acceptors (Lipinski definition) is 2. The smallest absolute Gasteiger partial charge is 0.139 e. The zero-order chi connectivity index (χ0) is 14.2. The van der Waals surface area contributed by atoms with Crippen molar-refractivity contribution in [3.63, 3.8) is 0 Å². The Morgan fingerprint density at radius 1 is 1.00 bits per heavy atom. The largest absolute Gasteiger partial charge is 0.370 e. The molecule has 0 N–H and O–H groups in total. The Morgan fingerprint density at radius 2 is 1.81 bits per heavy atom. The average Bonchev–Trinajstić information content (AvgIpc) is 3.16. The molecule has 1 aliphatic heterocycles. The lowest BCUT2D eigenvalue weighted by atomic mass is 9.50. The Kier molecular flexibility index (Phi) is 2.58. The van der Waals surface area contributed by atoms with Crippen molar-refractivity contribution in [2.24, 2.45) is 35.0 Å². The summed E-state index contributed by atoms with van der Waals surface area (Å²) in [7, 11) is 0. The third kappa shape index (κ3) is 1.72. The van der Waals surface area contributed by atoms with Crippen LogP contribution in [0.4, 0.5) is 0 Å². The van der Waals surface area contributed by atoms with Gasteiger partial charge in [-0.3, -0.25) is 4.79 Å². The zero-order valence-electron chi connectivity index (χ0n) is 13.3. The fourth-order valence-electron chi connectivity index (χ4n) is 7.08. The van der Waals surface area contributed by atoms with Crippen LogP contribution < -0.4 is 0 Å². The second-order valence-corrected chi connectivity index (χ2v) is 9.07. The summed E-state index contributed by atoms with van der Waals surface area (Å²) in [5, 5.41) is 0. The Bertz CT molecular complexity index is 480. The van der Waals surface area contributed by atoms with Crippen molar-refractivity contribution in [3.05, 3.63) is 0 Å². The van der Waals surface area contributed by atoms with E-state index in [0.29, 0.717) is 11.4 Å². The lowest BCUT2D eigenvalue weighted by Gasteiger charge is -2.54. The van der Waals surface area contributed by atoms with Gasteiger partial charge >= 0.3 is 0 Å². The molecule has 0 radical (unpaired) electrons. The third-order valence-electron chi connectivity index (χ3n) is 8.35. The monoisotopic (exact) mass is 288 g/mol. The van der Waals surface area contributed by atoms with Crippen LogP contribution in [0.5, 0.6) is 0 Å². The van der Waals surface area contributed by atoms with Gasteiger partial charge in [0.2, 0.25) is 0 Å². The first kappa shape index (κ1) is 13.1. The summed E-state index contributed by atoms with van der Waals surface area (Å²) in [6.07, 6.45) is 11.5. The van der Waals surface area contributed by atoms with E-state index >= 15 is 0 Å². The van der Waals surface area contributed by atoms with Gasteiger partial charge in [-0.2, -0.15) is 0 Å². The number of hydrogen-bond donors (Lipinski definition) is 0. The molecule has 0 aromatic carbocycles. The standard InChI is InChI=1S/C19H28O2/c1-18-8-6-14-13-7-9-19(11-21-19)10-12(13)2-3-15(14)16(18)4-5-17(18)20/h12-16H,2-11H2,1H3/t12-,13+,14?,15-,16+,18+,19?/m1/s1. The van der Waals surface area contributed by atoms with Crippen LogP contribution in [0.15, 0.2) is 0 Å². The highest BCUT2D eigenvalue weighted by Gasteiger charge is 2.59. The van der Waals surface area contributed by atoms with Gasteiger partial charge in [-0.15, -0.1) is 0 Å². The normalized spacial score (nSPS) is 58.5. The lowest BCUT2D eigenvalue weighted by molar-refractivity contribution is -0.133. The molecule has 5 rings (SSSR count). The molecule has 1 heterocycles. The predicted molar refractivity (Wildman–Crippen MR) is 80.8 cm³/mol. The molecule has 0 amide bonds. The van der Waals surface area contributed by atoms with Gasteiger partial charge in [-0.25, -0.2) is 0 Å². The van der Waals surface area contributed by atoms with Gasteiger partial charge in [0.15, 0.2) is 0 Å². The van der Waals surface area contributed by atoms with Gasteiger partial charge in [0, 0.05) is 11.8 Å². The van der Waals surface area contributed by atoms with Crippen LogP contribution in [0.2, 0.25) is 0 Å². The van der Waals surface area contributed by atoms with Gasteiger partial charge in [0.1, 0.15) is 5.78 Å². The van der Waals surface area contributed by atoms with Crippen molar-refractivity contribution >= 4 is 5.78 Å². The number of Topliss-reactive ketones (excluding diaryl/α,β-unsaturated/α-hetero) is 1. The molecule has 21 heavy (non-hydrogen) atoms. The summed E-state index contributed by atoms with van der Waals surface area (Å²) in [4.78, 5) is 12.4. The van der Waals surface area contributed by atoms with Crippen LogP contribution in [0.3, 0.4) is 0 Å². The highest BCUT2D eigenvalue weighted by atomic mass is 16.6. The zero-order valence-corrected chi connectivity index (χ0v) is 13.3. The van der Waals surface area contributed by atoms with Crippen LogP contribution in [0, 0.1) is 35.0 Å². The van der Waals surface area contributed by atoms with Crippen molar-refractivity contribution in [3.8, 4) is 0 Å². The molecule has 2 unspecified atom stereocenters. The third-order valence-corrected chi connectivity index (χ3v) is 8.35. The highest BCUT2D eigenvalue weighted by molar-refractivity contribution is 5.87. The van der Waals surface area contributed by atoms with Crippen LogP contribution >= 0.6 is 0 Å². The molecule has 0 aromatic rings. The summed E-state index contributed by atoms with van der Waals surface area (Å²) in [5.74, 6) is 5.00. The van der Waals surface area contributed by atoms with Crippen molar-refractivity contribution in [1.82, 2.24) is 0 Å². The number of carbonyl (C=O) groups is 1. The molecule has 4 aliphatic carbocycles. The molecule has 2 nitrogen and oxygen atoms in total. The SMILES string of the molecule is C[C@]12CCC3[C@H]4CCC5(CO5)C[C@H]4CC[C@H]3[C@@H]1CCC2=O. The number of rotatable bonds is 0. The van der Waals surface area contributed by atoms with Gasteiger partial charge in [0.05, 0.1) is 12.2 Å². The van der Waals surface area contributed by atoms with Gasteiger partial charge in [-0.1, -0.05) is 6.92 Å². The lowest BCUT2D eigenvalue weighted by Crippen LogP contribution is -2.49. The molecule has 5 aliphatic rings. The van der Waals surface area contributed by atoms with Crippen molar-refractivity contribution in [2.75, 3.05) is 6.61 Å². The Labute approximate surface area is 128 Å². The molecule has 0 bridgehead atoms. The number of ketones is 1. The Morgan fingerprint density at radius 3 is 2.62 bits per heavy atom. The molecule has 5 fully saturated rings. The Balaban J connectivity index is 1.40. The predicted octanol–water partition coefficient (Wildman–Crippen LogP) is 3.98. The molecule has 4 saturated carbocycles. The molecular weight excluding hydrogens is 260 g/mol. The molecule has 1 spiro atoms. The van der Waals surface area contributed by atoms with Crippen molar-refractivity contribution < 1.29 is 9.53 Å². The fourth-order valence-corrected chi connectivity index (χ4v) is 7.08.